The predicted molar refractivity (Wildman–Crippen MR) is 144 cm³/mol. The van der Waals surface area contributed by atoms with Crippen molar-refractivity contribution in [2.24, 2.45) is 46.3 Å². The van der Waals surface area contributed by atoms with Crippen molar-refractivity contribution >= 4 is 11.9 Å². The van der Waals surface area contributed by atoms with Crippen LogP contribution in [0.2, 0.25) is 0 Å². The molecular formula is C32H54O4. The molecule has 5 rings (SSSR count). The van der Waals surface area contributed by atoms with Crippen molar-refractivity contribution in [3.63, 3.8) is 0 Å². The number of ether oxygens (including phenoxy) is 2. The molecular weight excluding hydrogens is 448 g/mol. The molecule has 0 N–H and O–H groups in total. The predicted octanol–water partition coefficient (Wildman–Crippen LogP) is 8.12. The van der Waals surface area contributed by atoms with E-state index in [4.69, 9.17) is 9.47 Å². The molecule has 0 aromatic heterocycles. The number of hydrogen-bond donors (Lipinski definition) is 0. The van der Waals surface area contributed by atoms with Gasteiger partial charge in [0.05, 0.1) is 10.8 Å². The van der Waals surface area contributed by atoms with Gasteiger partial charge in [-0.25, -0.2) is 0 Å². The quantitative estimate of drug-likeness (QED) is 0.272. The highest BCUT2D eigenvalue weighted by atomic mass is 16.6. The van der Waals surface area contributed by atoms with E-state index in [9.17, 15) is 9.59 Å². The molecule has 4 bridgehead atoms. The number of rotatable bonds is 6. The van der Waals surface area contributed by atoms with Gasteiger partial charge in [-0.1, -0.05) is 20.3 Å². The number of carbonyl (C=O) groups is 2. The van der Waals surface area contributed by atoms with Crippen molar-refractivity contribution in [1.29, 1.82) is 0 Å². The minimum Gasteiger partial charge on any atom is -0.459 e. The fourth-order valence-corrected chi connectivity index (χ4v) is 8.38. The van der Waals surface area contributed by atoms with Gasteiger partial charge in [-0.3, -0.25) is 9.59 Å². The molecule has 0 aromatic rings. The molecule has 206 valence electrons. The molecule has 0 heterocycles. The summed E-state index contributed by atoms with van der Waals surface area (Å²) >= 11 is 0. The highest BCUT2D eigenvalue weighted by molar-refractivity contribution is 5.76. The molecule has 7 unspecified atom stereocenters. The van der Waals surface area contributed by atoms with E-state index in [1.54, 1.807) is 0 Å². The standard InChI is InChI=1S/C19H30O2.C13H24O2/c1-5-18(2,3)17(20)21-19(4)10-13-9-14(19)16-12-7-6-11(8-12)15(13)16;1-5-12(2,3)11(14)15-13(4)9-7-6-8-10-13/h11-16H,5-10H2,1-4H3;5-10H2,1-4H3. The Labute approximate surface area is 221 Å². The summed E-state index contributed by atoms with van der Waals surface area (Å²) in [5.74, 6) is 5.32. The molecule has 5 aliphatic rings. The van der Waals surface area contributed by atoms with Crippen LogP contribution in [-0.4, -0.2) is 23.1 Å². The van der Waals surface area contributed by atoms with Crippen LogP contribution in [0.5, 0.6) is 0 Å². The average molecular weight is 503 g/mol. The van der Waals surface area contributed by atoms with Crippen molar-refractivity contribution in [3.8, 4) is 0 Å². The van der Waals surface area contributed by atoms with E-state index in [0.29, 0.717) is 5.92 Å². The van der Waals surface area contributed by atoms with E-state index in [1.807, 2.05) is 34.6 Å². The minimum absolute atomic E-state index is 0.0276. The van der Waals surface area contributed by atoms with E-state index in [-0.39, 0.29) is 34.0 Å². The van der Waals surface area contributed by atoms with Gasteiger partial charge in [-0.05, 0) is 142 Å². The number of esters is 2. The Bertz CT molecular complexity index is 822. The van der Waals surface area contributed by atoms with Crippen LogP contribution in [0.25, 0.3) is 0 Å². The SMILES string of the molecule is CCC(C)(C)C(=O)OC1(C)CC2CC1C1C3CCC(C3)C21.CCC(C)(C)C(=O)OC1(C)CCCCC1. The first-order valence-electron chi connectivity index (χ1n) is 15.2. The van der Waals surface area contributed by atoms with Crippen LogP contribution in [0.15, 0.2) is 0 Å². The van der Waals surface area contributed by atoms with Gasteiger partial charge in [0, 0.05) is 5.92 Å². The number of carbonyl (C=O) groups excluding carboxylic acids is 2. The van der Waals surface area contributed by atoms with Gasteiger partial charge in [0.25, 0.3) is 0 Å². The molecule has 4 heteroatoms. The third kappa shape index (κ3) is 5.13. The van der Waals surface area contributed by atoms with E-state index < -0.39 is 0 Å². The van der Waals surface area contributed by atoms with Gasteiger partial charge in [-0.2, -0.15) is 0 Å². The lowest BCUT2D eigenvalue weighted by atomic mass is 9.66. The zero-order valence-electron chi connectivity index (χ0n) is 24.6. The Morgan fingerprint density at radius 1 is 0.750 bits per heavy atom. The van der Waals surface area contributed by atoms with Gasteiger partial charge < -0.3 is 9.47 Å². The second-order valence-corrected chi connectivity index (χ2v) is 14.9. The van der Waals surface area contributed by atoms with Gasteiger partial charge >= 0.3 is 11.9 Å². The van der Waals surface area contributed by atoms with E-state index in [2.05, 4.69) is 20.8 Å². The lowest BCUT2D eigenvalue weighted by Crippen LogP contribution is -2.47. The summed E-state index contributed by atoms with van der Waals surface area (Å²) in [6, 6.07) is 0. The molecule has 5 aliphatic carbocycles. The molecule has 7 atom stereocenters. The van der Waals surface area contributed by atoms with Crippen LogP contribution in [0.3, 0.4) is 0 Å². The van der Waals surface area contributed by atoms with E-state index in [0.717, 1.165) is 61.7 Å². The first-order valence-corrected chi connectivity index (χ1v) is 15.2. The smallest absolute Gasteiger partial charge is 0.312 e. The molecule has 4 nitrogen and oxygen atoms in total. The van der Waals surface area contributed by atoms with Crippen molar-refractivity contribution in [2.45, 2.75) is 144 Å². The second-order valence-electron chi connectivity index (χ2n) is 14.9. The van der Waals surface area contributed by atoms with E-state index in [1.165, 1.54) is 44.9 Å². The molecule has 36 heavy (non-hydrogen) atoms. The fraction of sp³-hybridized carbons (Fsp3) is 0.938. The van der Waals surface area contributed by atoms with Gasteiger partial charge in [0.2, 0.25) is 0 Å². The Hall–Kier alpha value is -1.06. The molecule has 0 saturated heterocycles. The number of fused-ring (bicyclic) bond motifs is 9. The lowest BCUT2D eigenvalue weighted by Gasteiger charge is -2.45. The first-order chi connectivity index (χ1) is 16.8. The molecule has 0 spiro atoms. The Balaban J connectivity index is 0.000000181. The first kappa shape index (κ1) is 28.0. The van der Waals surface area contributed by atoms with Gasteiger partial charge in [0.1, 0.15) is 11.2 Å². The summed E-state index contributed by atoms with van der Waals surface area (Å²) in [5.41, 5.74) is -1.03. The Morgan fingerprint density at radius 2 is 1.28 bits per heavy atom. The Morgan fingerprint density at radius 3 is 1.83 bits per heavy atom. The monoisotopic (exact) mass is 502 g/mol. The zero-order chi connectivity index (χ0) is 26.5. The maximum atomic E-state index is 12.6. The topological polar surface area (TPSA) is 52.6 Å². The van der Waals surface area contributed by atoms with Crippen LogP contribution in [0.1, 0.15) is 132 Å². The number of hydrogen-bond acceptors (Lipinski definition) is 4. The summed E-state index contributed by atoms with van der Waals surface area (Å²) in [6.45, 7) is 16.4. The maximum Gasteiger partial charge on any atom is 0.312 e. The highest BCUT2D eigenvalue weighted by Crippen LogP contribution is 2.70. The summed E-state index contributed by atoms with van der Waals surface area (Å²) in [4.78, 5) is 24.5. The maximum absolute atomic E-state index is 12.6. The third-order valence-corrected chi connectivity index (χ3v) is 11.5. The lowest BCUT2D eigenvalue weighted by molar-refractivity contribution is -0.179. The van der Waals surface area contributed by atoms with Crippen LogP contribution in [0.4, 0.5) is 0 Å². The van der Waals surface area contributed by atoms with Crippen molar-refractivity contribution in [1.82, 2.24) is 0 Å². The van der Waals surface area contributed by atoms with Crippen LogP contribution >= 0.6 is 0 Å². The van der Waals surface area contributed by atoms with Crippen molar-refractivity contribution < 1.29 is 19.1 Å². The molecule has 0 aliphatic heterocycles. The van der Waals surface area contributed by atoms with Crippen LogP contribution < -0.4 is 0 Å². The molecule has 0 amide bonds. The molecule has 5 saturated carbocycles. The zero-order valence-corrected chi connectivity index (χ0v) is 24.6. The summed E-state index contributed by atoms with van der Waals surface area (Å²) in [7, 11) is 0. The molecule has 0 aromatic carbocycles. The van der Waals surface area contributed by atoms with Crippen molar-refractivity contribution in [2.75, 3.05) is 0 Å². The largest absolute Gasteiger partial charge is 0.459 e. The van der Waals surface area contributed by atoms with E-state index >= 15 is 0 Å². The summed E-state index contributed by atoms with van der Waals surface area (Å²) in [6.07, 6.45) is 14.3. The summed E-state index contributed by atoms with van der Waals surface area (Å²) in [5, 5.41) is 0. The van der Waals surface area contributed by atoms with Crippen LogP contribution in [0, 0.1) is 46.3 Å². The summed E-state index contributed by atoms with van der Waals surface area (Å²) < 4.78 is 11.9. The Kier molecular flexibility index (Phi) is 7.70. The molecule has 0 radical (unpaired) electrons. The third-order valence-electron chi connectivity index (χ3n) is 11.5. The van der Waals surface area contributed by atoms with Gasteiger partial charge in [-0.15, -0.1) is 0 Å². The van der Waals surface area contributed by atoms with Crippen LogP contribution in [-0.2, 0) is 19.1 Å². The average Bonchev–Trinajstić information content (AvgIpc) is 3.59. The van der Waals surface area contributed by atoms with Crippen molar-refractivity contribution in [3.05, 3.63) is 0 Å². The minimum atomic E-state index is -0.334. The highest BCUT2D eigenvalue weighted by Gasteiger charge is 2.67. The molecule has 5 fully saturated rings. The normalized spacial score (nSPS) is 38.2. The second kappa shape index (κ2) is 9.92. The van der Waals surface area contributed by atoms with Gasteiger partial charge in [0.15, 0.2) is 0 Å². The fourth-order valence-electron chi connectivity index (χ4n) is 8.38.